The van der Waals surface area contributed by atoms with Gasteiger partial charge in [0.2, 0.25) is 0 Å². The van der Waals surface area contributed by atoms with Crippen LogP contribution in [0.15, 0.2) is 35.5 Å². The quantitative estimate of drug-likeness (QED) is 0.644. The molecule has 0 spiro atoms. The van der Waals surface area contributed by atoms with Crippen LogP contribution < -0.4 is 5.32 Å². The first-order chi connectivity index (χ1) is 13.1. The van der Waals surface area contributed by atoms with E-state index in [0.29, 0.717) is 22.6 Å². The van der Waals surface area contributed by atoms with Gasteiger partial charge in [-0.15, -0.1) is 0 Å². The van der Waals surface area contributed by atoms with Gasteiger partial charge < -0.3 is 10.3 Å². The molecule has 0 bridgehead atoms. The molecular weight excluding hydrogens is 410 g/mol. The molecule has 2 heterocycles. The molecule has 0 aliphatic heterocycles. The maximum atomic E-state index is 13.6. The van der Waals surface area contributed by atoms with E-state index in [1.54, 1.807) is 13.8 Å². The fourth-order valence-corrected chi connectivity index (χ4v) is 3.85. The Bertz CT molecular complexity index is 1150. The first-order valence-electron chi connectivity index (χ1n) is 8.16. The molecule has 6 nitrogen and oxygen atoms in total. The Balaban J connectivity index is 2.13. The van der Waals surface area contributed by atoms with Crippen LogP contribution in [0.2, 0.25) is 5.02 Å². The number of aromatic amines is 1. The number of nitrogens with one attached hydrogen (secondary N) is 2. The van der Waals surface area contributed by atoms with Crippen molar-refractivity contribution in [1.29, 1.82) is 0 Å². The molecule has 2 N–H and O–H groups in total. The molecule has 2 aromatic heterocycles. The number of pyridine rings is 1. The van der Waals surface area contributed by atoms with Crippen molar-refractivity contribution in [3.8, 4) is 0 Å². The van der Waals surface area contributed by atoms with Crippen molar-refractivity contribution in [3.05, 3.63) is 69.8 Å². The van der Waals surface area contributed by atoms with Gasteiger partial charge in [0, 0.05) is 6.26 Å². The van der Waals surface area contributed by atoms with E-state index in [9.17, 15) is 17.2 Å². The van der Waals surface area contributed by atoms with Crippen molar-refractivity contribution < 1.29 is 17.2 Å². The number of aromatic nitrogens is 3. The van der Waals surface area contributed by atoms with Gasteiger partial charge in [0.05, 0.1) is 16.9 Å². The number of imidazole rings is 1. The lowest BCUT2D eigenvalue weighted by Gasteiger charge is -2.19. The van der Waals surface area contributed by atoms with Crippen molar-refractivity contribution in [2.75, 3.05) is 11.6 Å². The molecule has 28 heavy (non-hydrogen) atoms. The molecule has 3 rings (SSSR count). The van der Waals surface area contributed by atoms with E-state index in [1.807, 2.05) is 0 Å². The fourth-order valence-electron chi connectivity index (χ4n) is 2.79. The molecule has 148 valence electrons. The third kappa shape index (κ3) is 4.15. The first-order valence-corrected chi connectivity index (χ1v) is 10.4. The Morgan fingerprint density at radius 1 is 1.21 bits per heavy atom. The minimum absolute atomic E-state index is 0.0914. The van der Waals surface area contributed by atoms with Gasteiger partial charge in [-0.1, -0.05) is 17.7 Å². The van der Waals surface area contributed by atoms with E-state index in [1.165, 1.54) is 24.3 Å². The number of sulfone groups is 1. The highest BCUT2D eigenvalue weighted by molar-refractivity contribution is 7.90. The number of anilines is 1. The Hall–Kier alpha value is -2.52. The summed E-state index contributed by atoms with van der Waals surface area (Å²) in [4.78, 5) is 11.2. The number of H-pyrrole nitrogens is 1. The first kappa shape index (κ1) is 20.2. The molecule has 3 aromatic rings. The van der Waals surface area contributed by atoms with Crippen molar-refractivity contribution in [2.45, 2.75) is 24.9 Å². The average molecular weight is 427 g/mol. The zero-order valence-electron chi connectivity index (χ0n) is 15.2. The lowest BCUT2D eigenvalue weighted by atomic mass is 10.1. The van der Waals surface area contributed by atoms with Crippen LogP contribution in [-0.2, 0) is 9.84 Å². The highest BCUT2D eigenvalue weighted by Crippen LogP contribution is 2.30. The van der Waals surface area contributed by atoms with Crippen molar-refractivity contribution in [2.24, 2.45) is 0 Å². The van der Waals surface area contributed by atoms with E-state index in [4.69, 9.17) is 11.6 Å². The van der Waals surface area contributed by atoms with Crippen LogP contribution in [-0.4, -0.2) is 29.6 Å². The van der Waals surface area contributed by atoms with Crippen LogP contribution >= 0.6 is 11.6 Å². The maximum Gasteiger partial charge on any atom is 0.194 e. The number of hydrogen-bond acceptors (Lipinski definition) is 5. The van der Waals surface area contributed by atoms with E-state index < -0.39 is 27.5 Å². The maximum absolute atomic E-state index is 13.6. The van der Waals surface area contributed by atoms with Gasteiger partial charge in [0.1, 0.15) is 29.3 Å². The molecule has 0 saturated heterocycles. The SMILES string of the molecule is Cc1cc(F)cnc1N[C@@H](c1ccc(F)c(Cl)c1)c1nc(S(C)(=O)=O)c(C)[nH]1. The summed E-state index contributed by atoms with van der Waals surface area (Å²) in [5.74, 6) is -0.446. The van der Waals surface area contributed by atoms with Gasteiger partial charge in [-0.25, -0.2) is 27.2 Å². The number of nitrogens with zero attached hydrogens (tertiary/aromatic N) is 2. The summed E-state index contributed by atoms with van der Waals surface area (Å²) in [5.41, 5.74) is 1.41. The molecule has 10 heteroatoms. The summed E-state index contributed by atoms with van der Waals surface area (Å²) in [6.45, 7) is 3.26. The highest BCUT2D eigenvalue weighted by atomic mass is 35.5. The Labute approximate surface area is 165 Å². The minimum atomic E-state index is -3.55. The number of rotatable bonds is 5. The normalized spacial score (nSPS) is 12.8. The van der Waals surface area contributed by atoms with Gasteiger partial charge >= 0.3 is 0 Å². The second-order valence-corrected chi connectivity index (χ2v) is 8.73. The minimum Gasteiger partial charge on any atom is -0.356 e. The van der Waals surface area contributed by atoms with Gasteiger partial charge in [0.25, 0.3) is 0 Å². The molecule has 0 fully saturated rings. The molecule has 0 amide bonds. The van der Waals surface area contributed by atoms with E-state index in [0.717, 1.165) is 12.5 Å². The summed E-state index contributed by atoms with van der Waals surface area (Å²) < 4.78 is 50.9. The molecule has 1 atom stereocenters. The molecule has 0 saturated carbocycles. The smallest absolute Gasteiger partial charge is 0.194 e. The summed E-state index contributed by atoms with van der Waals surface area (Å²) in [6, 6.07) is 4.68. The number of halogens is 3. The highest BCUT2D eigenvalue weighted by Gasteiger charge is 2.24. The van der Waals surface area contributed by atoms with Crippen molar-refractivity contribution >= 4 is 27.3 Å². The molecule has 0 unspecified atom stereocenters. The average Bonchev–Trinajstić information content (AvgIpc) is 2.99. The lowest BCUT2D eigenvalue weighted by molar-refractivity contribution is 0.597. The standard InChI is InChI=1S/C18H17ClF2N4O2S/c1-9-6-12(20)8-22-16(9)24-15(11-4-5-14(21)13(19)7-11)17-23-10(2)18(25-17)28(3,26)27/h4-8,15H,1-3H3,(H,22,24)(H,23,25)/t15-/m0/s1. The van der Waals surface area contributed by atoms with Crippen LogP contribution in [0.4, 0.5) is 14.6 Å². The molecule has 0 aliphatic rings. The van der Waals surface area contributed by atoms with E-state index in [-0.39, 0.29) is 15.9 Å². The number of aryl methyl sites for hydroxylation is 2. The van der Waals surface area contributed by atoms with Gasteiger partial charge in [-0.2, -0.15) is 0 Å². The Kier molecular flexibility index (Phi) is 5.40. The van der Waals surface area contributed by atoms with Crippen LogP contribution in [0.5, 0.6) is 0 Å². The third-order valence-corrected chi connectivity index (χ3v) is 5.48. The van der Waals surface area contributed by atoms with Gasteiger partial charge in [0.15, 0.2) is 14.9 Å². The zero-order valence-corrected chi connectivity index (χ0v) is 16.8. The second kappa shape index (κ2) is 7.48. The molecule has 0 aliphatic carbocycles. The predicted molar refractivity (Wildman–Crippen MR) is 102 cm³/mol. The molecular formula is C18H17ClF2N4O2S. The predicted octanol–water partition coefficient (Wildman–Crippen LogP) is 3.96. The monoisotopic (exact) mass is 426 g/mol. The lowest BCUT2D eigenvalue weighted by Crippen LogP contribution is -2.16. The largest absolute Gasteiger partial charge is 0.356 e. The van der Waals surface area contributed by atoms with Gasteiger partial charge in [-0.3, -0.25) is 0 Å². The topological polar surface area (TPSA) is 87.7 Å². The summed E-state index contributed by atoms with van der Waals surface area (Å²) >= 11 is 5.91. The Morgan fingerprint density at radius 3 is 2.50 bits per heavy atom. The summed E-state index contributed by atoms with van der Waals surface area (Å²) in [7, 11) is -3.55. The zero-order chi connectivity index (χ0) is 20.6. The molecule has 1 aromatic carbocycles. The summed E-state index contributed by atoms with van der Waals surface area (Å²) in [5, 5.41) is 2.91. The van der Waals surface area contributed by atoms with Crippen LogP contribution in [0.1, 0.15) is 28.7 Å². The molecule has 0 radical (unpaired) electrons. The van der Waals surface area contributed by atoms with Crippen molar-refractivity contribution in [3.63, 3.8) is 0 Å². The van der Waals surface area contributed by atoms with E-state index in [2.05, 4.69) is 20.3 Å². The fraction of sp³-hybridized carbons (Fsp3) is 0.222. The van der Waals surface area contributed by atoms with Crippen LogP contribution in [0.3, 0.4) is 0 Å². The van der Waals surface area contributed by atoms with Crippen LogP contribution in [0.25, 0.3) is 0 Å². The number of benzene rings is 1. The third-order valence-electron chi connectivity index (χ3n) is 4.09. The second-order valence-electron chi connectivity index (χ2n) is 6.39. The van der Waals surface area contributed by atoms with Crippen molar-refractivity contribution in [1.82, 2.24) is 15.0 Å². The number of hydrogen-bond donors (Lipinski definition) is 2. The Morgan fingerprint density at radius 2 is 1.93 bits per heavy atom. The van der Waals surface area contributed by atoms with E-state index >= 15 is 0 Å². The summed E-state index contributed by atoms with van der Waals surface area (Å²) in [6.07, 6.45) is 2.11. The van der Waals surface area contributed by atoms with Crippen LogP contribution in [0, 0.1) is 25.5 Å². The van der Waals surface area contributed by atoms with Gasteiger partial charge in [-0.05, 0) is 43.2 Å².